The first-order valence-corrected chi connectivity index (χ1v) is 38.2. The van der Waals surface area contributed by atoms with E-state index < -0.39 is 0 Å². The second-order valence-electron chi connectivity index (χ2n) is 33.0. The van der Waals surface area contributed by atoms with Crippen LogP contribution in [0, 0.1) is 44.5 Å². The number of fused-ring (bicyclic) bond motifs is 8. The van der Waals surface area contributed by atoms with Crippen molar-refractivity contribution in [3.63, 3.8) is 0 Å². The third kappa shape index (κ3) is 15.1. The molecule has 12 heteroatoms. The minimum Gasteiger partial charge on any atom is -0.509 e. The first-order valence-electron chi connectivity index (χ1n) is 38.2. The van der Waals surface area contributed by atoms with Gasteiger partial charge >= 0.3 is 0 Å². The van der Waals surface area contributed by atoms with Crippen molar-refractivity contribution in [2.45, 2.75) is 112 Å². The molecule has 0 atom stereocenters. The third-order valence-electron chi connectivity index (χ3n) is 21.2. The first kappa shape index (κ1) is 77.1. The van der Waals surface area contributed by atoms with Crippen molar-refractivity contribution >= 4 is 89.1 Å². The molecular formula is C101H88N8O2Pt2-6. The average Bonchev–Trinajstić information content (AvgIpc) is 1.62. The Morgan fingerprint density at radius 3 is 1.22 bits per heavy atom. The SMILES string of the molecule is CC(C)(C)c1ccnc(-n2c3[c-]c(Oc4[c-]c(N5[CH-]N(c6ccc(-c7ccccc7)c(C(C)(C)C)c6)c6ccccc65)ccc4)ccc3c3ccccc32)c1.Cc1cc(N2[CH-]N(c3[c-]c(Oc4[c-]c5c(cc4)c4cc(C(C)(C)C)ccc4n5-c4cc(C(C)(C)C)ccn4)ccc3)c3ccccc32)ccc1-c1ccccc1.[Pt].[Pt]. The first-order chi connectivity index (χ1) is 53.4. The summed E-state index contributed by atoms with van der Waals surface area (Å²) < 4.78 is 17.6. The number of aromatic nitrogens is 4. The Morgan fingerprint density at radius 1 is 0.319 bits per heavy atom. The Morgan fingerprint density at radius 2 is 0.735 bits per heavy atom. The largest absolute Gasteiger partial charge is 0.509 e. The van der Waals surface area contributed by atoms with Crippen molar-refractivity contribution in [1.29, 1.82) is 0 Å². The van der Waals surface area contributed by atoms with Crippen LogP contribution >= 0.6 is 0 Å². The average molecular weight is 1840 g/mol. The van der Waals surface area contributed by atoms with Crippen molar-refractivity contribution in [1.82, 2.24) is 19.1 Å². The van der Waals surface area contributed by atoms with Gasteiger partial charge in [0.1, 0.15) is 11.6 Å². The van der Waals surface area contributed by atoms with E-state index >= 15 is 0 Å². The monoisotopic (exact) mass is 1830 g/mol. The summed E-state index contributed by atoms with van der Waals surface area (Å²) in [6, 6.07) is 110. The maximum absolute atomic E-state index is 6.60. The Bertz CT molecular complexity index is 6220. The van der Waals surface area contributed by atoms with E-state index in [1.807, 2.05) is 48.8 Å². The van der Waals surface area contributed by atoms with Crippen LogP contribution in [0.5, 0.6) is 23.0 Å². The number of para-hydroxylation sites is 5. The number of benzene rings is 12. The van der Waals surface area contributed by atoms with Crippen LogP contribution < -0.4 is 29.1 Å². The van der Waals surface area contributed by atoms with Crippen molar-refractivity contribution < 1.29 is 51.6 Å². The Hall–Kier alpha value is -11.3. The van der Waals surface area contributed by atoms with Crippen LogP contribution in [-0.2, 0) is 63.8 Å². The molecule has 0 unspecified atom stereocenters. The maximum Gasteiger partial charge on any atom is 0.135 e. The number of ether oxygens (including phenoxy) is 2. The van der Waals surface area contributed by atoms with E-state index in [0.29, 0.717) is 23.0 Å². The van der Waals surface area contributed by atoms with Gasteiger partial charge in [-0.05, 0) is 174 Å². The van der Waals surface area contributed by atoms with Crippen molar-refractivity contribution in [2.24, 2.45) is 0 Å². The van der Waals surface area contributed by atoms with E-state index in [2.05, 4.69) is 393 Å². The Balaban J connectivity index is 0.000000175. The smallest absolute Gasteiger partial charge is 0.135 e. The second kappa shape index (κ2) is 30.7. The molecule has 6 heterocycles. The number of aryl methyl sites for hydroxylation is 1. The van der Waals surface area contributed by atoms with Gasteiger partial charge in [-0.2, -0.15) is 24.3 Å². The molecule has 0 fully saturated rings. The van der Waals surface area contributed by atoms with Crippen LogP contribution in [-0.4, -0.2) is 19.1 Å². The molecule has 0 aliphatic carbocycles. The van der Waals surface area contributed by atoms with E-state index in [9.17, 15) is 0 Å². The molecule has 0 N–H and O–H groups in total. The summed E-state index contributed by atoms with van der Waals surface area (Å²) in [5.74, 6) is 4.15. The van der Waals surface area contributed by atoms with Gasteiger partial charge in [-0.3, -0.25) is 0 Å². The van der Waals surface area contributed by atoms with Crippen molar-refractivity contribution in [3.8, 4) is 56.9 Å². The molecule has 570 valence electrons. The topological polar surface area (TPSA) is 67.1 Å². The summed E-state index contributed by atoms with van der Waals surface area (Å²) in [7, 11) is 0. The maximum atomic E-state index is 6.60. The number of hydrogen-bond acceptors (Lipinski definition) is 8. The minimum atomic E-state index is -0.0546. The summed E-state index contributed by atoms with van der Waals surface area (Å²) >= 11 is 0. The molecule has 2 aliphatic rings. The molecule has 0 amide bonds. The molecule has 2 aliphatic heterocycles. The van der Waals surface area contributed by atoms with E-state index in [1.165, 1.54) is 55.5 Å². The fraction of sp³-hybridized carbons (Fsp3) is 0.168. The van der Waals surface area contributed by atoms with E-state index in [1.54, 1.807) is 0 Å². The number of anilines is 8. The van der Waals surface area contributed by atoms with Gasteiger partial charge in [-0.15, -0.1) is 96.1 Å². The third-order valence-corrected chi connectivity index (χ3v) is 21.2. The molecule has 16 aromatic rings. The summed E-state index contributed by atoms with van der Waals surface area (Å²) in [5.41, 5.74) is 23.4. The fourth-order valence-corrected chi connectivity index (χ4v) is 15.3. The predicted octanol–water partition coefficient (Wildman–Crippen LogP) is 26.8. The van der Waals surface area contributed by atoms with Gasteiger partial charge < -0.3 is 38.2 Å². The van der Waals surface area contributed by atoms with Gasteiger partial charge in [0.05, 0.1) is 0 Å². The zero-order valence-corrected chi connectivity index (χ0v) is 70.4. The zero-order valence-electron chi connectivity index (χ0n) is 65.8. The van der Waals surface area contributed by atoms with Crippen LogP contribution in [0.15, 0.2) is 285 Å². The number of nitrogens with zero attached hydrogens (tertiary/aromatic N) is 8. The Kier molecular flexibility index (Phi) is 20.9. The predicted molar refractivity (Wildman–Crippen MR) is 459 cm³/mol. The minimum absolute atomic E-state index is 0. The normalized spacial score (nSPS) is 12.9. The van der Waals surface area contributed by atoms with Crippen LogP contribution in [0.2, 0.25) is 0 Å². The van der Waals surface area contributed by atoms with Crippen LogP contribution in [0.3, 0.4) is 0 Å². The fourth-order valence-electron chi connectivity index (χ4n) is 15.3. The van der Waals surface area contributed by atoms with E-state index in [4.69, 9.17) is 19.4 Å². The van der Waals surface area contributed by atoms with Gasteiger partial charge in [0.15, 0.2) is 0 Å². The van der Waals surface area contributed by atoms with E-state index in [-0.39, 0.29) is 63.8 Å². The molecule has 0 bridgehead atoms. The van der Waals surface area contributed by atoms with Crippen LogP contribution in [0.1, 0.15) is 111 Å². The van der Waals surface area contributed by atoms with Gasteiger partial charge in [0, 0.05) is 123 Å². The van der Waals surface area contributed by atoms with Gasteiger partial charge in [0.25, 0.3) is 0 Å². The zero-order chi connectivity index (χ0) is 76.7. The van der Waals surface area contributed by atoms with Crippen molar-refractivity contribution in [2.75, 3.05) is 19.6 Å². The van der Waals surface area contributed by atoms with Crippen molar-refractivity contribution in [3.05, 3.63) is 351 Å². The second-order valence-corrected chi connectivity index (χ2v) is 33.0. The van der Waals surface area contributed by atoms with Gasteiger partial charge in [-0.25, -0.2) is 9.97 Å². The molecule has 0 spiro atoms. The number of pyridine rings is 2. The van der Waals surface area contributed by atoms with Gasteiger partial charge in [0.2, 0.25) is 0 Å². The molecule has 4 aromatic heterocycles. The molecule has 0 radical (unpaired) electrons. The molecule has 10 nitrogen and oxygen atoms in total. The molecule has 0 saturated heterocycles. The number of rotatable bonds is 12. The standard InChI is InChI=1S/C51H45N4O.C50H43N4O.2Pt/c1-34-28-39(21-23-42(34)35-14-9-8-10-15-35)54-33-53(46-18-11-12-19-47(46)54)38-16-13-17-40(31-38)56-41-22-24-43-44-29-36(50(2,3)4)20-25-45(44)55(48(43)32-41)49-30-37(26-27-52-49)51(5,6)7;1-49(2,3)35-27-28-51-48(29-35)54-44-20-11-10-19-41(44)42-26-24-39(32-47(42)54)55-38-18-14-17-36(30-38)52-33-53(46-22-13-12-21-45(46)52)37-23-25-40(34-15-8-7-9-16-34)43(31-37)50(4,5)6;;/h8-30,33H,1-7H3;7-29,31,33H,1-6H3;;/q2*-3;;. The molecule has 113 heavy (non-hydrogen) atoms. The molecular weight excluding hydrogens is 1750 g/mol. The van der Waals surface area contributed by atoms with E-state index in [0.717, 1.165) is 95.4 Å². The number of hydrogen-bond donors (Lipinski definition) is 0. The quantitative estimate of drug-likeness (QED) is 0.112. The summed E-state index contributed by atoms with van der Waals surface area (Å²) in [6.45, 7) is 33.4. The Labute approximate surface area is 693 Å². The summed E-state index contributed by atoms with van der Waals surface area (Å²) in [5, 5.41) is 4.52. The van der Waals surface area contributed by atoms with Gasteiger partial charge in [-0.1, -0.05) is 222 Å². The molecule has 18 rings (SSSR count). The molecule has 0 saturated carbocycles. The summed E-state index contributed by atoms with van der Waals surface area (Å²) in [4.78, 5) is 18.6. The van der Waals surface area contributed by atoms with Crippen LogP contribution in [0.25, 0.3) is 77.5 Å². The van der Waals surface area contributed by atoms with Crippen LogP contribution in [0.4, 0.5) is 45.5 Å². The summed E-state index contributed by atoms with van der Waals surface area (Å²) in [6.07, 6.45) is 3.81. The molecule has 12 aromatic carbocycles.